The Bertz CT molecular complexity index is 449. The predicted octanol–water partition coefficient (Wildman–Crippen LogP) is 2.56. The van der Waals surface area contributed by atoms with Crippen molar-refractivity contribution in [2.75, 3.05) is 11.9 Å². The first-order valence-electron chi connectivity index (χ1n) is 4.72. The van der Waals surface area contributed by atoms with Crippen LogP contribution in [0.25, 0.3) is 0 Å². The number of nitro groups is 1. The second-order valence-corrected chi connectivity index (χ2v) is 3.02. The molecule has 84 valence electrons. The van der Waals surface area contributed by atoms with Gasteiger partial charge in [0.05, 0.1) is 16.7 Å². The summed E-state index contributed by atoms with van der Waals surface area (Å²) >= 11 is 0. The summed E-state index contributed by atoms with van der Waals surface area (Å²) in [5.41, 5.74) is -0.0000899. The molecule has 1 aromatic rings. The summed E-state index contributed by atoms with van der Waals surface area (Å²) in [6.07, 6.45) is 0.604. The van der Waals surface area contributed by atoms with Crippen molar-refractivity contribution < 1.29 is 9.31 Å². The number of rotatable bonds is 4. The van der Waals surface area contributed by atoms with Gasteiger partial charge in [0.15, 0.2) is 5.82 Å². The standard InChI is InChI=1S/C11H11FN2O2/c1-2-3-4-7-13-11-6-5-9(14(15)16)8-10(11)12/h5-6,8,13H,4,7H2,1H3. The summed E-state index contributed by atoms with van der Waals surface area (Å²) in [4.78, 5) is 9.73. The molecule has 0 unspecified atom stereocenters. The quantitative estimate of drug-likeness (QED) is 0.368. The van der Waals surface area contributed by atoms with Crippen LogP contribution in [0.1, 0.15) is 13.3 Å². The molecule has 1 rings (SSSR count). The van der Waals surface area contributed by atoms with E-state index in [2.05, 4.69) is 17.2 Å². The minimum absolute atomic E-state index is 0.253. The zero-order chi connectivity index (χ0) is 12.0. The molecule has 5 heteroatoms. The highest BCUT2D eigenvalue weighted by molar-refractivity contribution is 5.50. The Labute approximate surface area is 92.6 Å². The molecule has 0 aliphatic rings. The second kappa shape index (κ2) is 5.71. The lowest BCUT2D eigenvalue weighted by Crippen LogP contribution is -2.02. The van der Waals surface area contributed by atoms with Gasteiger partial charge in [0, 0.05) is 19.0 Å². The topological polar surface area (TPSA) is 55.2 Å². The molecule has 4 nitrogen and oxygen atoms in total. The molecular formula is C11H11FN2O2. The van der Waals surface area contributed by atoms with Gasteiger partial charge in [0.2, 0.25) is 0 Å². The van der Waals surface area contributed by atoms with Crippen LogP contribution in [0, 0.1) is 27.8 Å². The van der Waals surface area contributed by atoms with Crippen LogP contribution in [0.3, 0.4) is 0 Å². The van der Waals surface area contributed by atoms with E-state index in [0.29, 0.717) is 13.0 Å². The maximum absolute atomic E-state index is 13.3. The van der Waals surface area contributed by atoms with Gasteiger partial charge in [-0.3, -0.25) is 10.1 Å². The summed E-state index contributed by atoms with van der Waals surface area (Å²) in [5.74, 6) is 4.92. The van der Waals surface area contributed by atoms with Crippen molar-refractivity contribution >= 4 is 11.4 Å². The number of hydrogen-bond acceptors (Lipinski definition) is 3. The zero-order valence-corrected chi connectivity index (χ0v) is 8.79. The number of hydrogen-bond donors (Lipinski definition) is 1. The minimum Gasteiger partial charge on any atom is -0.382 e. The highest BCUT2D eigenvalue weighted by Gasteiger charge is 2.09. The molecule has 0 aliphatic heterocycles. The molecule has 0 amide bonds. The van der Waals surface area contributed by atoms with Crippen LogP contribution in [0.4, 0.5) is 15.8 Å². The van der Waals surface area contributed by atoms with Gasteiger partial charge in [-0.25, -0.2) is 4.39 Å². The van der Waals surface area contributed by atoms with Crippen molar-refractivity contribution in [1.82, 2.24) is 0 Å². The minimum atomic E-state index is -0.630. The molecule has 1 N–H and O–H groups in total. The summed E-state index contributed by atoms with van der Waals surface area (Å²) in [7, 11) is 0. The molecule has 0 radical (unpaired) electrons. The smallest absolute Gasteiger partial charge is 0.272 e. The second-order valence-electron chi connectivity index (χ2n) is 3.02. The summed E-state index contributed by atoms with van der Waals surface area (Å²) in [6.45, 7) is 2.24. The first kappa shape index (κ1) is 12.0. The fourth-order valence-electron chi connectivity index (χ4n) is 1.15. The zero-order valence-electron chi connectivity index (χ0n) is 8.79. The number of anilines is 1. The lowest BCUT2D eigenvalue weighted by molar-refractivity contribution is -0.385. The highest BCUT2D eigenvalue weighted by Crippen LogP contribution is 2.20. The number of halogens is 1. The first-order valence-corrected chi connectivity index (χ1v) is 4.72. The SMILES string of the molecule is CC#CCCNc1ccc([N+](=O)[O-])cc1F. The van der Waals surface area contributed by atoms with E-state index in [1.54, 1.807) is 6.92 Å². The Balaban J connectivity index is 2.67. The van der Waals surface area contributed by atoms with Crippen molar-refractivity contribution in [3.8, 4) is 11.8 Å². The number of nitrogens with one attached hydrogen (secondary N) is 1. The monoisotopic (exact) mass is 222 g/mol. The van der Waals surface area contributed by atoms with Gasteiger partial charge in [-0.1, -0.05) is 0 Å². The van der Waals surface area contributed by atoms with Gasteiger partial charge in [0.1, 0.15) is 0 Å². The Morgan fingerprint density at radius 1 is 1.56 bits per heavy atom. The molecule has 0 heterocycles. The number of nitrogens with zero attached hydrogens (tertiary/aromatic N) is 1. The van der Waals surface area contributed by atoms with Crippen LogP contribution in [0.2, 0.25) is 0 Å². The summed E-state index contributed by atoms with van der Waals surface area (Å²) in [5, 5.41) is 13.2. The number of benzene rings is 1. The van der Waals surface area contributed by atoms with E-state index in [9.17, 15) is 14.5 Å². The largest absolute Gasteiger partial charge is 0.382 e. The highest BCUT2D eigenvalue weighted by atomic mass is 19.1. The van der Waals surface area contributed by atoms with E-state index in [1.807, 2.05) is 0 Å². The Kier molecular flexibility index (Phi) is 4.28. The molecule has 16 heavy (non-hydrogen) atoms. The van der Waals surface area contributed by atoms with E-state index in [-0.39, 0.29) is 11.4 Å². The van der Waals surface area contributed by atoms with Crippen LogP contribution in [-0.2, 0) is 0 Å². The van der Waals surface area contributed by atoms with Crippen molar-refractivity contribution in [3.05, 3.63) is 34.1 Å². The van der Waals surface area contributed by atoms with Gasteiger partial charge < -0.3 is 5.32 Å². The molecular weight excluding hydrogens is 211 g/mol. The van der Waals surface area contributed by atoms with Gasteiger partial charge in [0.25, 0.3) is 5.69 Å². The van der Waals surface area contributed by atoms with E-state index >= 15 is 0 Å². The molecule has 0 saturated heterocycles. The fraction of sp³-hybridized carbons (Fsp3) is 0.273. The van der Waals surface area contributed by atoms with E-state index in [4.69, 9.17) is 0 Å². The molecule has 0 fully saturated rings. The molecule has 0 spiro atoms. The van der Waals surface area contributed by atoms with Gasteiger partial charge in [-0.05, 0) is 13.0 Å². The maximum atomic E-state index is 13.3. The third-order valence-electron chi connectivity index (χ3n) is 1.91. The molecule has 1 aromatic carbocycles. The number of nitro benzene ring substituents is 1. The summed E-state index contributed by atoms with van der Waals surface area (Å²) in [6, 6.07) is 3.51. The van der Waals surface area contributed by atoms with Crippen LogP contribution in [0.15, 0.2) is 18.2 Å². The van der Waals surface area contributed by atoms with E-state index < -0.39 is 10.7 Å². The van der Waals surface area contributed by atoms with Crippen molar-refractivity contribution in [2.45, 2.75) is 13.3 Å². The van der Waals surface area contributed by atoms with Gasteiger partial charge >= 0.3 is 0 Å². The lowest BCUT2D eigenvalue weighted by atomic mass is 10.2. The van der Waals surface area contributed by atoms with Crippen LogP contribution in [0.5, 0.6) is 0 Å². The Morgan fingerprint density at radius 2 is 2.31 bits per heavy atom. The normalized spacial score (nSPS) is 9.12. The Hall–Kier alpha value is -2.09. The van der Waals surface area contributed by atoms with Crippen LogP contribution in [-0.4, -0.2) is 11.5 Å². The van der Waals surface area contributed by atoms with E-state index in [1.165, 1.54) is 12.1 Å². The van der Waals surface area contributed by atoms with Gasteiger partial charge in [-0.2, -0.15) is 0 Å². The molecule has 0 saturated carbocycles. The van der Waals surface area contributed by atoms with Crippen molar-refractivity contribution in [2.24, 2.45) is 0 Å². The van der Waals surface area contributed by atoms with Crippen LogP contribution < -0.4 is 5.32 Å². The number of non-ortho nitro benzene ring substituents is 1. The molecule has 0 atom stereocenters. The predicted molar refractivity (Wildman–Crippen MR) is 59.6 cm³/mol. The third-order valence-corrected chi connectivity index (χ3v) is 1.91. The fourth-order valence-corrected chi connectivity index (χ4v) is 1.15. The van der Waals surface area contributed by atoms with Crippen LogP contribution >= 0.6 is 0 Å². The molecule has 0 bridgehead atoms. The average molecular weight is 222 g/mol. The Morgan fingerprint density at radius 3 is 2.88 bits per heavy atom. The molecule has 0 aliphatic carbocycles. The first-order chi connectivity index (χ1) is 7.65. The lowest BCUT2D eigenvalue weighted by Gasteiger charge is -2.04. The average Bonchev–Trinajstić information content (AvgIpc) is 2.26. The maximum Gasteiger partial charge on any atom is 0.272 e. The summed E-state index contributed by atoms with van der Waals surface area (Å²) < 4.78 is 13.3. The van der Waals surface area contributed by atoms with Crippen molar-refractivity contribution in [1.29, 1.82) is 0 Å². The van der Waals surface area contributed by atoms with Gasteiger partial charge in [-0.15, -0.1) is 11.8 Å². The van der Waals surface area contributed by atoms with Crippen molar-refractivity contribution in [3.63, 3.8) is 0 Å². The molecule has 0 aromatic heterocycles. The third kappa shape index (κ3) is 3.24. The van der Waals surface area contributed by atoms with E-state index in [0.717, 1.165) is 6.07 Å².